The first kappa shape index (κ1) is 31.4. The molecule has 0 spiro atoms. The molecule has 4 rings (SSSR count). The molecule has 0 bridgehead atoms. The number of hydrogen-bond acceptors (Lipinski definition) is 7. The molecule has 16 heteroatoms. The first-order chi connectivity index (χ1) is 17.6. The number of furan rings is 1. The molecule has 1 aromatic rings. The summed E-state index contributed by atoms with van der Waals surface area (Å²) in [7, 11) is 2.18. The largest absolute Gasteiger partial charge is 0.490 e. The molecule has 3 fully saturated rings. The summed E-state index contributed by atoms with van der Waals surface area (Å²) in [5, 5.41) is 14.2. The van der Waals surface area contributed by atoms with Crippen LogP contribution in [-0.2, 0) is 14.3 Å². The van der Waals surface area contributed by atoms with Crippen LogP contribution in [0.15, 0.2) is 23.0 Å². The first-order valence-electron chi connectivity index (χ1n) is 11.5. The lowest BCUT2D eigenvalue weighted by Crippen LogP contribution is -2.50. The standard InChI is InChI=1S/C18H27N3O3.2C2HF3O2/c1-19-5-7-20(8-6-19)11-17-16-10-21(4-2-14(16)13-24-17)18(22)15-3-9-23-12-15;2*3-2(4,5)1(6)7/h3,9,12,14,16-17H,2,4-8,10-11,13H2,1H3;2*(H,6,7)/t14-,16-,17+;;/m0../s1. The van der Waals surface area contributed by atoms with Crippen molar-refractivity contribution in [1.82, 2.24) is 14.7 Å². The summed E-state index contributed by atoms with van der Waals surface area (Å²) in [4.78, 5) is 37.3. The van der Waals surface area contributed by atoms with Crippen molar-refractivity contribution in [2.75, 3.05) is 59.5 Å². The molecule has 38 heavy (non-hydrogen) atoms. The number of likely N-dealkylation sites (N-methyl/N-ethyl adjacent to an activating group) is 1. The van der Waals surface area contributed by atoms with Gasteiger partial charge in [0.25, 0.3) is 5.91 Å². The highest BCUT2D eigenvalue weighted by Crippen LogP contribution is 2.35. The van der Waals surface area contributed by atoms with E-state index in [1.807, 2.05) is 4.90 Å². The van der Waals surface area contributed by atoms with Crippen molar-refractivity contribution in [3.8, 4) is 0 Å². The third-order valence-corrected chi connectivity index (χ3v) is 6.38. The summed E-state index contributed by atoms with van der Waals surface area (Å²) in [6, 6.07) is 1.75. The fourth-order valence-corrected chi connectivity index (χ4v) is 4.26. The number of amides is 1. The predicted octanol–water partition coefficient (Wildman–Crippen LogP) is 2.27. The lowest BCUT2D eigenvalue weighted by atomic mass is 9.84. The molecule has 3 saturated heterocycles. The molecule has 3 aliphatic heterocycles. The van der Waals surface area contributed by atoms with Crippen molar-refractivity contribution in [1.29, 1.82) is 0 Å². The molecule has 0 unspecified atom stereocenters. The molecule has 0 saturated carbocycles. The number of halogens is 6. The van der Waals surface area contributed by atoms with Gasteiger partial charge in [-0.15, -0.1) is 0 Å². The zero-order valence-electron chi connectivity index (χ0n) is 20.4. The van der Waals surface area contributed by atoms with E-state index < -0.39 is 24.3 Å². The van der Waals surface area contributed by atoms with E-state index in [-0.39, 0.29) is 12.0 Å². The van der Waals surface area contributed by atoms with Crippen LogP contribution in [0.5, 0.6) is 0 Å². The number of carboxylic acids is 2. The van der Waals surface area contributed by atoms with Gasteiger partial charge in [-0.3, -0.25) is 9.69 Å². The predicted molar refractivity (Wildman–Crippen MR) is 117 cm³/mol. The van der Waals surface area contributed by atoms with Gasteiger partial charge in [-0.25, -0.2) is 9.59 Å². The molecule has 0 aliphatic carbocycles. The monoisotopic (exact) mass is 561 g/mol. The van der Waals surface area contributed by atoms with Gasteiger partial charge in [-0.1, -0.05) is 0 Å². The Morgan fingerprint density at radius 1 is 0.974 bits per heavy atom. The fourth-order valence-electron chi connectivity index (χ4n) is 4.26. The van der Waals surface area contributed by atoms with E-state index in [2.05, 4.69) is 16.8 Å². The van der Waals surface area contributed by atoms with E-state index in [4.69, 9.17) is 29.0 Å². The normalized spacial score (nSPS) is 24.4. The topological polar surface area (TPSA) is 124 Å². The number of hydrogen-bond donors (Lipinski definition) is 2. The summed E-state index contributed by atoms with van der Waals surface area (Å²) >= 11 is 0. The number of carboxylic acid groups (broad SMARTS) is 2. The van der Waals surface area contributed by atoms with Crippen LogP contribution in [-0.4, -0.2) is 121 Å². The van der Waals surface area contributed by atoms with Crippen LogP contribution in [0.25, 0.3) is 0 Å². The minimum absolute atomic E-state index is 0.0902. The third kappa shape index (κ3) is 9.47. The number of fused-ring (bicyclic) bond motifs is 1. The van der Waals surface area contributed by atoms with Gasteiger partial charge in [0.1, 0.15) is 6.26 Å². The number of piperidine rings is 1. The second-order valence-electron chi connectivity index (χ2n) is 9.06. The number of carbonyl (C=O) groups is 3. The average molecular weight is 561 g/mol. The molecule has 10 nitrogen and oxygen atoms in total. The van der Waals surface area contributed by atoms with E-state index in [0.717, 1.165) is 58.8 Å². The minimum atomic E-state index is -5.08. The molecule has 3 atom stereocenters. The fraction of sp³-hybridized carbons (Fsp3) is 0.682. The number of rotatable bonds is 3. The SMILES string of the molecule is CN1CCN(C[C@H]2OC[C@@H]3CCN(C(=O)c4ccoc4)C[C@@H]32)CC1.O=C(O)C(F)(F)F.O=C(O)C(F)(F)F. The number of carbonyl (C=O) groups excluding carboxylic acids is 1. The second kappa shape index (κ2) is 13.3. The number of aliphatic carboxylic acids is 2. The van der Waals surface area contributed by atoms with Gasteiger partial charge in [0.15, 0.2) is 0 Å². The van der Waals surface area contributed by atoms with E-state index in [9.17, 15) is 31.1 Å². The van der Waals surface area contributed by atoms with Gasteiger partial charge in [0.05, 0.1) is 24.5 Å². The number of nitrogens with zero attached hydrogens (tertiary/aromatic N) is 3. The highest BCUT2D eigenvalue weighted by Gasteiger charge is 2.43. The third-order valence-electron chi connectivity index (χ3n) is 6.38. The van der Waals surface area contributed by atoms with Crippen LogP contribution in [0.1, 0.15) is 16.8 Å². The summed E-state index contributed by atoms with van der Waals surface area (Å²) in [6.45, 7) is 8.00. The number of ether oxygens (including phenoxy) is 1. The smallest absolute Gasteiger partial charge is 0.475 e. The summed E-state index contributed by atoms with van der Waals surface area (Å²) in [6.07, 6.45) is -5.75. The molecule has 0 radical (unpaired) electrons. The van der Waals surface area contributed by atoms with Gasteiger partial charge in [-0.05, 0) is 25.5 Å². The van der Waals surface area contributed by atoms with Crippen molar-refractivity contribution in [2.24, 2.45) is 11.8 Å². The van der Waals surface area contributed by atoms with Crippen LogP contribution in [0.2, 0.25) is 0 Å². The highest BCUT2D eigenvalue weighted by molar-refractivity contribution is 5.93. The number of likely N-dealkylation sites (tertiary alicyclic amines) is 1. The molecule has 4 heterocycles. The van der Waals surface area contributed by atoms with Gasteiger partial charge < -0.3 is 29.2 Å². The number of alkyl halides is 6. The first-order valence-corrected chi connectivity index (χ1v) is 11.5. The van der Waals surface area contributed by atoms with Gasteiger partial charge in [0.2, 0.25) is 0 Å². The highest BCUT2D eigenvalue weighted by atomic mass is 19.4. The lowest BCUT2D eigenvalue weighted by Gasteiger charge is -2.38. The quantitative estimate of drug-likeness (QED) is 0.535. The molecule has 216 valence electrons. The molecule has 1 aromatic heterocycles. The van der Waals surface area contributed by atoms with Crippen molar-refractivity contribution >= 4 is 17.8 Å². The lowest BCUT2D eigenvalue weighted by molar-refractivity contribution is -0.193. The van der Waals surface area contributed by atoms with Crippen molar-refractivity contribution in [2.45, 2.75) is 24.9 Å². The van der Waals surface area contributed by atoms with Crippen LogP contribution < -0.4 is 0 Å². The summed E-state index contributed by atoms with van der Waals surface area (Å²) in [5.74, 6) is -4.35. The van der Waals surface area contributed by atoms with E-state index >= 15 is 0 Å². The van der Waals surface area contributed by atoms with Crippen molar-refractivity contribution < 1.29 is 60.1 Å². The summed E-state index contributed by atoms with van der Waals surface area (Å²) < 4.78 is 74.7. The Labute approximate surface area is 213 Å². The zero-order chi connectivity index (χ0) is 28.7. The maximum Gasteiger partial charge on any atom is 0.490 e. The van der Waals surface area contributed by atoms with E-state index in [1.165, 1.54) is 0 Å². The molecule has 3 aliphatic rings. The Balaban J connectivity index is 0.000000301. The Bertz CT molecular complexity index is 894. The Hall–Kier alpha value is -2.85. The van der Waals surface area contributed by atoms with Crippen molar-refractivity contribution in [3.63, 3.8) is 0 Å². The van der Waals surface area contributed by atoms with E-state index in [1.54, 1.807) is 18.6 Å². The molecule has 2 N–H and O–H groups in total. The zero-order valence-corrected chi connectivity index (χ0v) is 20.4. The number of piperazine rings is 1. The van der Waals surface area contributed by atoms with Crippen LogP contribution in [0, 0.1) is 11.8 Å². The molecule has 1 amide bonds. The average Bonchev–Trinajstić information content (AvgIpc) is 3.50. The Kier molecular flexibility index (Phi) is 11.0. The molecular weight excluding hydrogens is 532 g/mol. The van der Waals surface area contributed by atoms with Crippen LogP contribution in [0.3, 0.4) is 0 Å². The molecular formula is C22H29F6N3O7. The Morgan fingerprint density at radius 3 is 2.00 bits per heavy atom. The second-order valence-corrected chi connectivity index (χ2v) is 9.06. The van der Waals surface area contributed by atoms with Gasteiger partial charge in [0, 0.05) is 51.7 Å². The molecule has 0 aromatic carbocycles. The van der Waals surface area contributed by atoms with Gasteiger partial charge >= 0.3 is 24.3 Å². The van der Waals surface area contributed by atoms with Crippen LogP contribution in [0.4, 0.5) is 26.3 Å². The van der Waals surface area contributed by atoms with Crippen LogP contribution >= 0.6 is 0 Å². The minimum Gasteiger partial charge on any atom is -0.475 e. The van der Waals surface area contributed by atoms with Crippen molar-refractivity contribution in [3.05, 3.63) is 24.2 Å². The maximum absolute atomic E-state index is 12.6. The summed E-state index contributed by atoms with van der Waals surface area (Å²) in [5.41, 5.74) is 0.656. The van der Waals surface area contributed by atoms with Gasteiger partial charge in [-0.2, -0.15) is 26.3 Å². The maximum atomic E-state index is 12.6. The van der Waals surface area contributed by atoms with E-state index in [0.29, 0.717) is 17.4 Å². The Morgan fingerprint density at radius 2 is 1.53 bits per heavy atom.